The van der Waals surface area contributed by atoms with E-state index < -0.39 is 0 Å². The number of rotatable bonds is 4. The van der Waals surface area contributed by atoms with Crippen molar-refractivity contribution in [1.82, 2.24) is 4.98 Å². The van der Waals surface area contributed by atoms with Crippen molar-refractivity contribution in [2.24, 2.45) is 5.73 Å². The molecule has 0 saturated carbocycles. The second kappa shape index (κ2) is 5.94. The van der Waals surface area contributed by atoms with Gasteiger partial charge in [-0.15, -0.1) is 0 Å². The van der Waals surface area contributed by atoms with Gasteiger partial charge in [-0.05, 0) is 24.6 Å². The zero-order chi connectivity index (χ0) is 14.7. The molecule has 0 amide bonds. The minimum absolute atomic E-state index is 0.0239. The highest BCUT2D eigenvalue weighted by molar-refractivity contribution is 5.84. The predicted octanol–water partition coefficient (Wildman–Crippen LogP) is 4.44. The quantitative estimate of drug-likeness (QED) is 0.767. The summed E-state index contributed by atoms with van der Waals surface area (Å²) < 4.78 is 6.10. The van der Waals surface area contributed by atoms with Gasteiger partial charge < -0.3 is 10.5 Å². The minimum Gasteiger partial charge on any atom is -0.455 e. The van der Waals surface area contributed by atoms with Crippen LogP contribution >= 0.6 is 0 Å². The number of hydrogen-bond donors (Lipinski definition) is 1. The molecule has 3 rings (SSSR count). The summed E-state index contributed by atoms with van der Waals surface area (Å²) in [5.74, 6) is 1.55. The maximum absolute atomic E-state index is 6.17. The van der Waals surface area contributed by atoms with Gasteiger partial charge in [-0.25, -0.2) is 0 Å². The van der Waals surface area contributed by atoms with Crippen molar-refractivity contribution in [2.45, 2.75) is 19.4 Å². The summed E-state index contributed by atoms with van der Waals surface area (Å²) >= 11 is 0. The number of benzene rings is 2. The molecule has 3 nitrogen and oxygen atoms in total. The number of fused-ring (bicyclic) bond motifs is 1. The molecule has 0 saturated heterocycles. The SMILES string of the molecule is CCC(N)c1ccccc1Oc1cccc2cccnc12. The van der Waals surface area contributed by atoms with E-state index in [4.69, 9.17) is 10.5 Å². The number of ether oxygens (including phenoxy) is 1. The van der Waals surface area contributed by atoms with Gasteiger partial charge in [-0.2, -0.15) is 0 Å². The highest BCUT2D eigenvalue weighted by Crippen LogP contribution is 2.32. The first-order valence-electron chi connectivity index (χ1n) is 7.15. The molecule has 0 bridgehead atoms. The number of para-hydroxylation sites is 2. The van der Waals surface area contributed by atoms with Gasteiger partial charge in [-0.3, -0.25) is 4.98 Å². The molecule has 3 heteroatoms. The molecule has 1 aromatic heterocycles. The third-order valence-electron chi connectivity index (χ3n) is 3.57. The van der Waals surface area contributed by atoms with Gasteiger partial charge in [0.15, 0.2) is 5.75 Å². The topological polar surface area (TPSA) is 48.1 Å². The van der Waals surface area contributed by atoms with E-state index in [0.29, 0.717) is 0 Å². The lowest BCUT2D eigenvalue weighted by Crippen LogP contribution is -2.09. The fourth-order valence-corrected chi connectivity index (χ4v) is 2.38. The molecular weight excluding hydrogens is 260 g/mol. The third-order valence-corrected chi connectivity index (χ3v) is 3.57. The van der Waals surface area contributed by atoms with E-state index in [1.165, 1.54) is 0 Å². The summed E-state index contributed by atoms with van der Waals surface area (Å²) in [6.07, 6.45) is 2.65. The molecule has 0 radical (unpaired) electrons. The molecule has 1 unspecified atom stereocenters. The Morgan fingerprint density at radius 1 is 1.00 bits per heavy atom. The lowest BCUT2D eigenvalue weighted by molar-refractivity contribution is 0.473. The van der Waals surface area contributed by atoms with Crippen LogP contribution in [0.1, 0.15) is 24.9 Å². The summed E-state index contributed by atoms with van der Waals surface area (Å²) in [4.78, 5) is 4.42. The lowest BCUT2D eigenvalue weighted by atomic mass is 10.0. The fourth-order valence-electron chi connectivity index (χ4n) is 2.38. The van der Waals surface area contributed by atoms with Gasteiger partial charge in [0.25, 0.3) is 0 Å². The van der Waals surface area contributed by atoms with Crippen LogP contribution < -0.4 is 10.5 Å². The van der Waals surface area contributed by atoms with Crippen LogP contribution in [-0.2, 0) is 0 Å². The van der Waals surface area contributed by atoms with Crippen molar-refractivity contribution in [2.75, 3.05) is 0 Å². The average Bonchev–Trinajstić information content (AvgIpc) is 2.55. The maximum Gasteiger partial charge on any atom is 0.153 e. The van der Waals surface area contributed by atoms with Crippen LogP contribution in [0.3, 0.4) is 0 Å². The summed E-state index contributed by atoms with van der Waals surface area (Å²) in [5.41, 5.74) is 8.05. The van der Waals surface area contributed by atoms with E-state index in [2.05, 4.69) is 11.9 Å². The second-order valence-corrected chi connectivity index (χ2v) is 4.99. The normalized spacial score (nSPS) is 12.3. The zero-order valence-corrected chi connectivity index (χ0v) is 12.0. The maximum atomic E-state index is 6.17. The average molecular weight is 278 g/mol. The van der Waals surface area contributed by atoms with Gasteiger partial charge >= 0.3 is 0 Å². The zero-order valence-electron chi connectivity index (χ0n) is 12.0. The Morgan fingerprint density at radius 3 is 2.62 bits per heavy atom. The highest BCUT2D eigenvalue weighted by atomic mass is 16.5. The monoisotopic (exact) mass is 278 g/mol. The first-order chi connectivity index (χ1) is 10.3. The van der Waals surface area contributed by atoms with Crippen LogP contribution in [0.4, 0.5) is 0 Å². The molecule has 2 aromatic carbocycles. The molecule has 0 fully saturated rings. The van der Waals surface area contributed by atoms with Crippen molar-refractivity contribution >= 4 is 10.9 Å². The van der Waals surface area contributed by atoms with Crippen molar-refractivity contribution in [3.05, 3.63) is 66.4 Å². The van der Waals surface area contributed by atoms with Crippen LogP contribution in [0.15, 0.2) is 60.8 Å². The Morgan fingerprint density at radius 2 is 1.76 bits per heavy atom. The van der Waals surface area contributed by atoms with E-state index in [1.54, 1.807) is 6.20 Å². The van der Waals surface area contributed by atoms with Crippen molar-refractivity contribution in [3.8, 4) is 11.5 Å². The standard InChI is InChI=1S/C18H18N2O/c1-2-15(19)14-9-3-4-10-16(14)21-17-11-5-7-13-8-6-12-20-18(13)17/h3-12,15H,2,19H2,1H3. The molecule has 0 aliphatic carbocycles. The lowest BCUT2D eigenvalue weighted by Gasteiger charge is -2.16. The molecule has 0 aliphatic heterocycles. The van der Waals surface area contributed by atoms with E-state index in [-0.39, 0.29) is 6.04 Å². The first kappa shape index (κ1) is 13.6. The Labute approximate surface area is 124 Å². The second-order valence-electron chi connectivity index (χ2n) is 4.99. The van der Waals surface area contributed by atoms with Crippen molar-refractivity contribution in [3.63, 3.8) is 0 Å². The summed E-state index contributed by atoms with van der Waals surface area (Å²) in [6.45, 7) is 2.07. The third kappa shape index (κ3) is 2.73. The van der Waals surface area contributed by atoms with E-state index in [0.717, 1.165) is 34.4 Å². The van der Waals surface area contributed by atoms with Crippen LogP contribution in [0.5, 0.6) is 11.5 Å². The van der Waals surface area contributed by atoms with Crippen LogP contribution in [0.25, 0.3) is 10.9 Å². The Balaban J connectivity index is 2.03. The van der Waals surface area contributed by atoms with E-state index in [1.807, 2.05) is 54.6 Å². The number of hydrogen-bond acceptors (Lipinski definition) is 3. The number of nitrogens with two attached hydrogens (primary N) is 1. The Bertz CT molecular complexity index is 750. The molecule has 0 aliphatic rings. The molecule has 2 N–H and O–H groups in total. The van der Waals surface area contributed by atoms with Gasteiger partial charge in [-0.1, -0.05) is 43.3 Å². The molecule has 1 atom stereocenters. The van der Waals surface area contributed by atoms with Gasteiger partial charge in [0, 0.05) is 23.2 Å². The fraction of sp³-hybridized carbons (Fsp3) is 0.167. The molecule has 21 heavy (non-hydrogen) atoms. The highest BCUT2D eigenvalue weighted by Gasteiger charge is 2.12. The molecule has 106 valence electrons. The summed E-state index contributed by atoms with van der Waals surface area (Å²) in [6, 6.07) is 17.8. The first-order valence-corrected chi connectivity index (χ1v) is 7.15. The van der Waals surface area contributed by atoms with Crippen molar-refractivity contribution in [1.29, 1.82) is 0 Å². The van der Waals surface area contributed by atoms with Crippen molar-refractivity contribution < 1.29 is 4.74 Å². The summed E-state index contributed by atoms with van der Waals surface area (Å²) in [5, 5.41) is 1.06. The van der Waals surface area contributed by atoms with E-state index >= 15 is 0 Å². The van der Waals surface area contributed by atoms with Crippen LogP contribution in [-0.4, -0.2) is 4.98 Å². The Kier molecular flexibility index (Phi) is 3.84. The number of nitrogens with zero attached hydrogens (tertiary/aromatic N) is 1. The minimum atomic E-state index is -0.0239. The number of aromatic nitrogens is 1. The summed E-state index contributed by atoms with van der Waals surface area (Å²) in [7, 11) is 0. The molecule has 3 aromatic rings. The van der Waals surface area contributed by atoms with Gasteiger partial charge in [0.1, 0.15) is 11.3 Å². The molecular formula is C18H18N2O. The smallest absolute Gasteiger partial charge is 0.153 e. The Hall–Kier alpha value is -2.39. The number of pyridine rings is 1. The van der Waals surface area contributed by atoms with Crippen LogP contribution in [0, 0.1) is 0 Å². The van der Waals surface area contributed by atoms with Gasteiger partial charge in [0.2, 0.25) is 0 Å². The molecule has 0 spiro atoms. The van der Waals surface area contributed by atoms with Crippen LogP contribution in [0.2, 0.25) is 0 Å². The van der Waals surface area contributed by atoms with Gasteiger partial charge in [0.05, 0.1) is 0 Å². The molecule has 1 heterocycles. The largest absolute Gasteiger partial charge is 0.455 e. The van der Waals surface area contributed by atoms with E-state index in [9.17, 15) is 0 Å². The predicted molar refractivity (Wildman–Crippen MR) is 85.5 cm³/mol.